The molecular formula is C17H22N4O. The van der Waals surface area contributed by atoms with Crippen molar-refractivity contribution in [1.29, 1.82) is 0 Å². The van der Waals surface area contributed by atoms with Crippen molar-refractivity contribution >= 4 is 11.6 Å². The van der Waals surface area contributed by atoms with Crippen LogP contribution in [0.2, 0.25) is 0 Å². The van der Waals surface area contributed by atoms with Crippen molar-refractivity contribution in [2.24, 2.45) is 0 Å². The van der Waals surface area contributed by atoms with E-state index in [1.807, 2.05) is 13.0 Å². The van der Waals surface area contributed by atoms with Crippen molar-refractivity contribution in [3.05, 3.63) is 47.8 Å². The van der Waals surface area contributed by atoms with Crippen LogP contribution in [0.3, 0.4) is 0 Å². The zero-order valence-corrected chi connectivity index (χ0v) is 13.0. The Balaban J connectivity index is 1.83. The van der Waals surface area contributed by atoms with Gasteiger partial charge in [0.15, 0.2) is 0 Å². The first kappa shape index (κ1) is 14.8. The molecule has 0 aliphatic carbocycles. The van der Waals surface area contributed by atoms with Gasteiger partial charge >= 0.3 is 0 Å². The fourth-order valence-electron chi connectivity index (χ4n) is 2.87. The largest absolute Gasteiger partial charge is 0.394 e. The maximum absolute atomic E-state index is 9.15. The molecule has 0 amide bonds. The molecule has 2 N–H and O–H groups in total. The van der Waals surface area contributed by atoms with Crippen molar-refractivity contribution in [2.45, 2.75) is 38.9 Å². The lowest BCUT2D eigenvalue weighted by molar-refractivity contribution is 0.281. The number of aromatic nitrogens is 2. The first-order chi connectivity index (χ1) is 10.7. The summed E-state index contributed by atoms with van der Waals surface area (Å²) in [6.07, 6.45) is 2.60. The average Bonchev–Trinajstić information content (AvgIpc) is 2.54. The van der Waals surface area contributed by atoms with Crippen molar-refractivity contribution < 1.29 is 5.11 Å². The minimum Gasteiger partial charge on any atom is -0.394 e. The maximum atomic E-state index is 9.15. The number of nitrogens with one attached hydrogen (secondary N) is 1. The van der Waals surface area contributed by atoms with Crippen LogP contribution in [0.25, 0.3) is 0 Å². The maximum Gasteiger partial charge on any atom is 0.134 e. The van der Waals surface area contributed by atoms with E-state index in [0.29, 0.717) is 6.04 Å². The molecule has 5 nitrogen and oxygen atoms in total. The zero-order valence-electron chi connectivity index (χ0n) is 13.0. The summed E-state index contributed by atoms with van der Waals surface area (Å²) >= 11 is 0. The lowest BCUT2D eigenvalue weighted by atomic mass is 9.95. The zero-order chi connectivity index (χ0) is 15.5. The summed E-state index contributed by atoms with van der Waals surface area (Å²) in [6, 6.07) is 10.9. The standard InChI is InChI=1S/C17H22N4O/c1-12(10-22)20-16-8-17(19-11-18-16)21-9-15-6-4-3-5-14(15)7-13(21)2/h3-6,8,11-13,22H,7,9-10H2,1-2H3,(H,18,19,20)/t12-,13-/m0/s1. The van der Waals surface area contributed by atoms with Gasteiger partial charge in [0.2, 0.25) is 0 Å². The second-order valence-electron chi connectivity index (χ2n) is 5.94. The molecule has 2 heterocycles. The SMILES string of the molecule is C[C@@H](CO)Nc1cc(N2Cc3ccccc3C[C@@H]2C)ncn1. The highest BCUT2D eigenvalue weighted by Gasteiger charge is 2.23. The third kappa shape index (κ3) is 3.04. The first-order valence-electron chi connectivity index (χ1n) is 7.70. The van der Waals surface area contributed by atoms with Crippen LogP contribution in [0.4, 0.5) is 11.6 Å². The summed E-state index contributed by atoms with van der Waals surface area (Å²) in [5, 5.41) is 12.3. The topological polar surface area (TPSA) is 61.3 Å². The van der Waals surface area contributed by atoms with E-state index < -0.39 is 0 Å². The van der Waals surface area contributed by atoms with Crippen LogP contribution in [-0.2, 0) is 13.0 Å². The number of benzene rings is 1. The molecule has 0 unspecified atom stereocenters. The molecule has 116 valence electrons. The second-order valence-corrected chi connectivity index (χ2v) is 5.94. The van der Waals surface area contributed by atoms with Gasteiger partial charge in [-0.3, -0.25) is 0 Å². The molecule has 0 bridgehead atoms. The minimum atomic E-state index is -0.0257. The highest BCUT2D eigenvalue weighted by Crippen LogP contribution is 2.27. The first-order valence-corrected chi connectivity index (χ1v) is 7.70. The number of aliphatic hydroxyl groups excluding tert-OH is 1. The third-order valence-electron chi connectivity index (χ3n) is 4.12. The van der Waals surface area contributed by atoms with Gasteiger partial charge in [0.25, 0.3) is 0 Å². The van der Waals surface area contributed by atoms with Gasteiger partial charge in [-0.15, -0.1) is 0 Å². The Morgan fingerprint density at radius 2 is 2.09 bits per heavy atom. The molecule has 0 saturated carbocycles. The monoisotopic (exact) mass is 298 g/mol. The summed E-state index contributed by atoms with van der Waals surface area (Å²) in [6.45, 7) is 5.08. The summed E-state index contributed by atoms with van der Waals surface area (Å²) in [4.78, 5) is 11.0. The van der Waals surface area contributed by atoms with Crippen LogP contribution < -0.4 is 10.2 Å². The molecule has 0 fully saturated rings. The van der Waals surface area contributed by atoms with Crippen LogP contribution in [0, 0.1) is 0 Å². The number of rotatable bonds is 4. The van der Waals surface area contributed by atoms with Crippen molar-refractivity contribution in [2.75, 3.05) is 16.8 Å². The minimum absolute atomic E-state index is 0.0257. The predicted molar refractivity (Wildman–Crippen MR) is 88.0 cm³/mol. The van der Waals surface area contributed by atoms with Gasteiger partial charge in [-0.25, -0.2) is 9.97 Å². The molecule has 0 spiro atoms. The van der Waals surface area contributed by atoms with Crippen molar-refractivity contribution in [1.82, 2.24) is 9.97 Å². The highest BCUT2D eigenvalue weighted by atomic mass is 16.3. The normalized spacial score (nSPS) is 18.7. The fourth-order valence-corrected chi connectivity index (χ4v) is 2.87. The number of anilines is 2. The highest BCUT2D eigenvalue weighted by molar-refractivity contribution is 5.51. The van der Waals surface area contributed by atoms with Crippen molar-refractivity contribution in [3.63, 3.8) is 0 Å². The molecule has 2 atom stereocenters. The van der Waals surface area contributed by atoms with Gasteiger partial charge in [0, 0.05) is 24.7 Å². The lowest BCUT2D eigenvalue weighted by Gasteiger charge is -2.35. The Kier molecular flexibility index (Phi) is 4.24. The molecule has 1 aliphatic rings. The van der Waals surface area contributed by atoms with Gasteiger partial charge in [-0.2, -0.15) is 0 Å². The molecule has 5 heteroatoms. The number of fused-ring (bicyclic) bond motifs is 1. The van der Waals surface area contributed by atoms with Gasteiger partial charge < -0.3 is 15.3 Å². The summed E-state index contributed by atoms with van der Waals surface area (Å²) in [5.41, 5.74) is 2.78. The quantitative estimate of drug-likeness (QED) is 0.906. The fraction of sp³-hybridized carbons (Fsp3) is 0.412. The summed E-state index contributed by atoms with van der Waals surface area (Å²) in [7, 11) is 0. The third-order valence-corrected chi connectivity index (χ3v) is 4.12. The number of hydrogen-bond acceptors (Lipinski definition) is 5. The van der Waals surface area contributed by atoms with E-state index in [0.717, 1.165) is 24.6 Å². The molecule has 1 aromatic carbocycles. The lowest BCUT2D eigenvalue weighted by Crippen LogP contribution is -2.39. The summed E-state index contributed by atoms with van der Waals surface area (Å²) in [5.74, 6) is 1.67. The van der Waals surface area contributed by atoms with Crippen molar-refractivity contribution in [3.8, 4) is 0 Å². The van der Waals surface area contributed by atoms with E-state index in [2.05, 4.69) is 51.4 Å². The van der Waals surface area contributed by atoms with Crippen LogP contribution in [0.15, 0.2) is 36.7 Å². The van der Waals surface area contributed by atoms with E-state index in [1.165, 1.54) is 11.1 Å². The Labute approximate surface area is 131 Å². The molecule has 2 aromatic rings. The van der Waals surface area contributed by atoms with Crippen LogP contribution >= 0.6 is 0 Å². The van der Waals surface area contributed by atoms with E-state index in [4.69, 9.17) is 5.11 Å². The molecule has 1 aromatic heterocycles. The Bertz CT molecular complexity index is 646. The van der Waals surface area contributed by atoms with Gasteiger partial charge in [-0.05, 0) is 31.4 Å². The van der Waals surface area contributed by atoms with Gasteiger partial charge in [0.1, 0.15) is 18.0 Å². The smallest absolute Gasteiger partial charge is 0.134 e. The van der Waals surface area contributed by atoms with E-state index in [1.54, 1.807) is 6.33 Å². The molecular weight excluding hydrogens is 276 g/mol. The second kappa shape index (κ2) is 6.32. The molecule has 3 rings (SSSR count). The van der Waals surface area contributed by atoms with Crippen LogP contribution in [0.1, 0.15) is 25.0 Å². The van der Waals surface area contributed by atoms with E-state index in [9.17, 15) is 0 Å². The van der Waals surface area contributed by atoms with Gasteiger partial charge in [0.05, 0.1) is 6.61 Å². The average molecular weight is 298 g/mol. The Morgan fingerprint density at radius 1 is 1.32 bits per heavy atom. The van der Waals surface area contributed by atoms with Crippen LogP contribution in [-0.4, -0.2) is 33.8 Å². The molecule has 0 saturated heterocycles. The molecule has 1 aliphatic heterocycles. The van der Waals surface area contributed by atoms with Crippen LogP contribution in [0.5, 0.6) is 0 Å². The number of nitrogens with zero attached hydrogens (tertiary/aromatic N) is 3. The molecule has 0 radical (unpaired) electrons. The van der Waals surface area contributed by atoms with E-state index >= 15 is 0 Å². The Hall–Kier alpha value is -2.14. The number of hydrogen-bond donors (Lipinski definition) is 2. The Morgan fingerprint density at radius 3 is 2.86 bits per heavy atom. The molecule has 22 heavy (non-hydrogen) atoms. The summed E-state index contributed by atoms with van der Waals surface area (Å²) < 4.78 is 0. The van der Waals surface area contributed by atoms with Gasteiger partial charge in [-0.1, -0.05) is 24.3 Å². The number of aliphatic hydroxyl groups is 1. The van der Waals surface area contributed by atoms with E-state index in [-0.39, 0.29) is 12.6 Å². The predicted octanol–water partition coefficient (Wildman–Crippen LogP) is 2.22.